The minimum Gasteiger partial charge on any atom is -0.475 e. The lowest BCUT2D eigenvalue weighted by Crippen LogP contribution is -2.38. The standard InChI is InChI=1S/C42H49BrN4O2.C2HF3O2/c43-40-13-2-1-9-38(40)30-41(48)47(27-20-34-16-23-45-24-17-34)31-35-8-4-10-36(28-35)37-11-5-12-39(29-37)42(49)46-25-18-33(19-26-46)7-3-6-32-14-21-44-22-15-32;3-2(4,5)1(6)7/h1-2,4-5,8-13,16-17,23-24,28-29,32-33,44H,3,6-7,14-15,18-22,25-27,30-31H2;(H,6,7). The fraction of sp³-hybridized carbons (Fsp3) is 0.409. The van der Waals surface area contributed by atoms with Crippen molar-refractivity contribution in [3.05, 3.63) is 124 Å². The van der Waals surface area contributed by atoms with Crippen LogP contribution in [0.15, 0.2) is 102 Å². The third-order valence-corrected chi connectivity index (χ3v) is 11.4. The van der Waals surface area contributed by atoms with Crippen molar-refractivity contribution in [3.8, 4) is 11.1 Å². The average Bonchev–Trinajstić information content (AvgIpc) is 3.21. The monoisotopic (exact) mass is 834 g/mol. The number of alkyl halides is 3. The van der Waals surface area contributed by atoms with E-state index < -0.39 is 12.1 Å². The first-order valence-corrected chi connectivity index (χ1v) is 20.1. The Bertz CT molecular complexity index is 1880. The number of carbonyl (C=O) groups excluding carboxylic acids is 2. The molecule has 0 saturated carbocycles. The second kappa shape index (κ2) is 21.1. The van der Waals surface area contributed by atoms with Gasteiger partial charge in [-0.1, -0.05) is 83.7 Å². The number of likely N-dealkylation sites (tertiary alicyclic amines) is 1. The predicted octanol–water partition coefficient (Wildman–Crippen LogP) is 8.98. The van der Waals surface area contributed by atoms with E-state index in [1.54, 1.807) is 12.4 Å². The van der Waals surface area contributed by atoms with Crippen molar-refractivity contribution in [1.29, 1.82) is 0 Å². The Morgan fingerprint density at radius 1 is 0.821 bits per heavy atom. The Hall–Kier alpha value is -4.55. The quantitative estimate of drug-likeness (QED) is 0.140. The first-order chi connectivity index (χ1) is 27.0. The molecular weight excluding hydrogens is 785 g/mol. The maximum atomic E-state index is 13.7. The highest BCUT2D eigenvalue weighted by molar-refractivity contribution is 9.10. The number of aromatic nitrogens is 1. The van der Waals surface area contributed by atoms with Crippen LogP contribution in [0.25, 0.3) is 11.1 Å². The predicted molar refractivity (Wildman–Crippen MR) is 215 cm³/mol. The minimum atomic E-state index is -5.08. The molecule has 2 N–H and O–H groups in total. The van der Waals surface area contributed by atoms with Gasteiger partial charge in [0.2, 0.25) is 5.91 Å². The van der Waals surface area contributed by atoms with Gasteiger partial charge < -0.3 is 20.2 Å². The summed E-state index contributed by atoms with van der Waals surface area (Å²) >= 11 is 3.61. The molecule has 0 atom stereocenters. The normalized spacial score (nSPS) is 15.1. The largest absolute Gasteiger partial charge is 0.490 e. The number of nitrogens with one attached hydrogen (secondary N) is 1. The first kappa shape index (κ1) is 42.6. The number of nitrogens with zero attached hydrogens (tertiary/aromatic N) is 3. The molecule has 2 amide bonds. The molecule has 2 aliphatic rings. The summed E-state index contributed by atoms with van der Waals surface area (Å²) in [6, 6.07) is 28.3. The Morgan fingerprint density at radius 3 is 2.11 bits per heavy atom. The van der Waals surface area contributed by atoms with E-state index >= 15 is 0 Å². The lowest BCUT2D eigenvalue weighted by atomic mass is 9.87. The van der Waals surface area contributed by atoms with Crippen molar-refractivity contribution in [1.82, 2.24) is 20.1 Å². The van der Waals surface area contributed by atoms with Gasteiger partial charge in [-0.2, -0.15) is 13.2 Å². The number of carbonyl (C=O) groups is 3. The minimum absolute atomic E-state index is 0.0875. The molecule has 6 rings (SSSR count). The van der Waals surface area contributed by atoms with Crippen LogP contribution in [0.5, 0.6) is 0 Å². The van der Waals surface area contributed by atoms with Gasteiger partial charge in [0, 0.05) is 48.6 Å². The van der Waals surface area contributed by atoms with Crippen molar-refractivity contribution >= 4 is 33.7 Å². The zero-order valence-corrected chi connectivity index (χ0v) is 33.1. The number of hydrogen-bond acceptors (Lipinski definition) is 5. The van der Waals surface area contributed by atoms with Gasteiger partial charge in [-0.15, -0.1) is 0 Å². The van der Waals surface area contributed by atoms with Gasteiger partial charge in [-0.05, 0) is 121 Å². The van der Waals surface area contributed by atoms with E-state index in [1.165, 1.54) is 45.2 Å². The molecule has 0 spiro atoms. The summed E-state index contributed by atoms with van der Waals surface area (Å²) in [5, 5.41) is 10.6. The average molecular weight is 836 g/mol. The Balaban J connectivity index is 0.000000784. The van der Waals surface area contributed by atoms with Crippen LogP contribution in [0, 0.1) is 11.8 Å². The summed E-state index contributed by atoms with van der Waals surface area (Å²) < 4.78 is 32.7. The van der Waals surface area contributed by atoms with Crippen LogP contribution in [0.1, 0.15) is 72.0 Å². The number of halogens is 4. The summed E-state index contributed by atoms with van der Waals surface area (Å²) in [6.45, 7) is 5.17. The van der Waals surface area contributed by atoms with Gasteiger partial charge in [0.1, 0.15) is 0 Å². The molecule has 2 fully saturated rings. The number of hydrogen-bond donors (Lipinski definition) is 2. The fourth-order valence-corrected chi connectivity index (χ4v) is 7.82. The van der Waals surface area contributed by atoms with Crippen molar-refractivity contribution in [3.63, 3.8) is 0 Å². The number of carboxylic acids is 1. The Morgan fingerprint density at radius 2 is 1.45 bits per heavy atom. The van der Waals surface area contributed by atoms with Crippen LogP contribution in [0.2, 0.25) is 0 Å². The molecule has 0 aliphatic carbocycles. The number of rotatable bonds is 13. The summed E-state index contributed by atoms with van der Waals surface area (Å²) in [5.41, 5.74) is 6.01. The van der Waals surface area contributed by atoms with Crippen molar-refractivity contribution in [2.24, 2.45) is 11.8 Å². The van der Waals surface area contributed by atoms with E-state index in [0.717, 1.165) is 82.0 Å². The van der Waals surface area contributed by atoms with Crippen LogP contribution in [0.4, 0.5) is 13.2 Å². The molecule has 8 nitrogen and oxygen atoms in total. The van der Waals surface area contributed by atoms with Crippen LogP contribution in [-0.2, 0) is 29.0 Å². The smallest absolute Gasteiger partial charge is 0.475 e. The molecule has 0 bridgehead atoms. The number of benzene rings is 3. The zero-order valence-electron chi connectivity index (χ0n) is 31.5. The summed E-state index contributed by atoms with van der Waals surface area (Å²) in [5.74, 6) is -0.898. The molecular formula is C44H50BrF3N4O4. The van der Waals surface area contributed by atoms with Crippen molar-refractivity contribution in [2.45, 2.75) is 70.5 Å². The summed E-state index contributed by atoms with van der Waals surface area (Å²) in [7, 11) is 0. The number of piperidine rings is 2. The highest BCUT2D eigenvalue weighted by Gasteiger charge is 2.38. The van der Waals surface area contributed by atoms with E-state index in [9.17, 15) is 22.8 Å². The molecule has 1 aromatic heterocycles. The maximum absolute atomic E-state index is 13.7. The molecule has 2 aliphatic heterocycles. The maximum Gasteiger partial charge on any atom is 0.490 e. The number of carboxylic acid groups (broad SMARTS) is 1. The van der Waals surface area contributed by atoms with Crippen LogP contribution < -0.4 is 5.32 Å². The lowest BCUT2D eigenvalue weighted by molar-refractivity contribution is -0.192. The molecule has 0 radical (unpaired) electrons. The third-order valence-electron chi connectivity index (χ3n) is 10.6. The van der Waals surface area contributed by atoms with Gasteiger partial charge in [0.15, 0.2) is 0 Å². The first-order valence-electron chi connectivity index (χ1n) is 19.4. The molecule has 4 aromatic rings. The Labute approximate surface area is 335 Å². The number of amides is 2. The van der Waals surface area contributed by atoms with Gasteiger partial charge in [0.05, 0.1) is 6.42 Å². The van der Waals surface area contributed by atoms with Gasteiger partial charge in [0.25, 0.3) is 5.91 Å². The second-order valence-corrected chi connectivity index (χ2v) is 15.5. The topological polar surface area (TPSA) is 103 Å². The molecule has 2 saturated heterocycles. The van der Waals surface area contributed by atoms with Gasteiger partial charge >= 0.3 is 12.1 Å². The van der Waals surface area contributed by atoms with E-state index in [2.05, 4.69) is 61.5 Å². The molecule has 3 heterocycles. The van der Waals surface area contributed by atoms with Crippen molar-refractivity contribution < 1.29 is 32.7 Å². The van der Waals surface area contributed by atoms with Gasteiger partial charge in [-0.3, -0.25) is 14.6 Å². The summed E-state index contributed by atoms with van der Waals surface area (Å²) in [4.78, 5) is 44.4. The lowest BCUT2D eigenvalue weighted by Gasteiger charge is -2.32. The molecule has 298 valence electrons. The van der Waals surface area contributed by atoms with E-state index in [1.807, 2.05) is 59.5 Å². The van der Waals surface area contributed by atoms with Gasteiger partial charge in [-0.25, -0.2) is 4.79 Å². The van der Waals surface area contributed by atoms with Crippen LogP contribution >= 0.6 is 15.9 Å². The molecule has 56 heavy (non-hydrogen) atoms. The van der Waals surface area contributed by atoms with E-state index in [0.29, 0.717) is 19.5 Å². The van der Waals surface area contributed by atoms with Crippen LogP contribution in [0.3, 0.4) is 0 Å². The van der Waals surface area contributed by atoms with E-state index in [-0.39, 0.29) is 11.8 Å². The zero-order chi connectivity index (χ0) is 39.9. The van der Waals surface area contributed by atoms with Crippen molar-refractivity contribution in [2.75, 3.05) is 32.7 Å². The van der Waals surface area contributed by atoms with E-state index in [4.69, 9.17) is 9.90 Å². The third kappa shape index (κ3) is 13.3. The van der Waals surface area contributed by atoms with Crippen LogP contribution in [-0.4, -0.2) is 76.6 Å². The molecule has 3 aromatic carbocycles. The Kier molecular flexibility index (Phi) is 16.1. The fourth-order valence-electron chi connectivity index (χ4n) is 7.40. The highest BCUT2D eigenvalue weighted by Crippen LogP contribution is 2.28. The highest BCUT2D eigenvalue weighted by atomic mass is 79.9. The molecule has 0 unspecified atom stereocenters. The second-order valence-electron chi connectivity index (χ2n) is 14.6. The SMILES string of the molecule is O=C(Cc1ccccc1Br)N(CCc1ccncc1)Cc1cccc(-c2cccc(C(=O)N3CCC(CCCC4CCNCC4)CC3)c2)c1.O=C(O)C(F)(F)F. The summed E-state index contributed by atoms with van der Waals surface area (Å²) in [6.07, 6.45) is 8.45. The molecule has 12 heteroatoms. The number of aliphatic carboxylic acids is 1. The number of pyridine rings is 1.